The summed E-state index contributed by atoms with van der Waals surface area (Å²) in [6.07, 6.45) is 3.36. The van der Waals surface area contributed by atoms with E-state index in [1.807, 2.05) is 24.3 Å². The molecular weight excluding hydrogens is 416 g/mol. The zero-order valence-electron chi connectivity index (χ0n) is 14.6. The summed E-state index contributed by atoms with van der Waals surface area (Å²) in [5.74, 6) is -0.177. The second-order valence-corrected chi connectivity index (χ2v) is 7.75. The molecule has 2 amide bonds. The molecule has 1 aliphatic heterocycles. The molecule has 2 aromatic carbocycles. The van der Waals surface area contributed by atoms with E-state index >= 15 is 0 Å². The number of carbonyl (C=O) groups is 2. The van der Waals surface area contributed by atoms with Crippen LogP contribution in [0.5, 0.6) is 5.75 Å². The number of nitrogens with zero attached hydrogens (tertiary/aromatic N) is 1. The van der Waals surface area contributed by atoms with Crippen LogP contribution in [0.4, 0.5) is 0 Å². The highest BCUT2D eigenvalue weighted by Crippen LogP contribution is 2.32. The summed E-state index contributed by atoms with van der Waals surface area (Å²) in [4.78, 5) is 25.4. The van der Waals surface area contributed by atoms with Gasteiger partial charge in [-0.3, -0.25) is 15.0 Å². The van der Waals surface area contributed by atoms with Crippen molar-refractivity contribution in [3.8, 4) is 5.75 Å². The predicted molar refractivity (Wildman–Crippen MR) is 116 cm³/mol. The molecule has 28 heavy (non-hydrogen) atoms. The Morgan fingerprint density at radius 2 is 2.04 bits per heavy atom. The van der Waals surface area contributed by atoms with E-state index in [1.165, 1.54) is 0 Å². The third-order valence-corrected chi connectivity index (χ3v) is 5.19. The first kappa shape index (κ1) is 20.1. The van der Waals surface area contributed by atoms with Crippen molar-refractivity contribution in [3.63, 3.8) is 0 Å². The number of ether oxygens (including phenoxy) is 1. The molecule has 1 aliphatic rings. The van der Waals surface area contributed by atoms with E-state index in [1.54, 1.807) is 36.4 Å². The summed E-state index contributed by atoms with van der Waals surface area (Å²) in [5, 5.41) is 1.59. The fraction of sp³-hybridized carbons (Fsp3) is 0.0500. The number of amides is 2. The van der Waals surface area contributed by atoms with Gasteiger partial charge in [0.05, 0.1) is 4.91 Å². The van der Waals surface area contributed by atoms with Gasteiger partial charge < -0.3 is 4.74 Å². The van der Waals surface area contributed by atoms with E-state index in [9.17, 15) is 9.59 Å². The average molecular weight is 431 g/mol. The van der Waals surface area contributed by atoms with Crippen molar-refractivity contribution in [1.29, 1.82) is 0 Å². The first-order valence-corrected chi connectivity index (χ1v) is 9.76. The van der Waals surface area contributed by atoms with Crippen LogP contribution in [0.3, 0.4) is 0 Å². The summed E-state index contributed by atoms with van der Waals surface area (Å²) in [7, 11) is 0. The highest BCUT2D eigenvalue weighted by molar-refractivity contribution is 8.26. The Bertz CT molecular complexity index is 974. The average Bonchev–Trinajstić information content (AvgIpc) is 2.94. The maximum Gasteiger partial charge on any atom is 0.285 e. The van der Waals surface area contributed by atoms with Gasteiger partial charge in [-0.2, -0.15) is 5.01 Å². The maximum atomic E-state index is 12.7. The van der Waals surface area contributed by atoms with Gasteiger partial charge >= 0.3 is 0 Å². The van der Waals surface area contributed by atoms with Gasteiger partial charge in [-0.25, -0.2) is 0 Å². The maximum absolute atomic E-state index is 12.7. The number of thiocarbonyl (C=S) groups is 1. The minimum Gasteiger partial charge on any atom is -0.490 e. The smallest absolute Gasteiger partial charge is 0.285 e. The van der Waals surface area contributed by atoms with Gasteiger partial charge in [0.1, 0.15) is 12.4 Å². The molecule has 0 aliphatic carbocycles. The Balaban J connectivity index is 1.74. The van der Waals surface area contributed by atoms with Gasteiger partial charge in [-0.1, -0.05) is 48.2 Å². The van der Waals surface area contributed by atoms with E-state index in [2.05, 4.69) is 12.0 Å². The summed E-state index contributed by atoms with van der Waals surface area (Å²) in [6, 6.07) is 13.6. The van der Waals surface area contributed by atoms with Gasteiger partial charge in [-0.05, 0) is 60.3 Å². The second kappa shape index (κ2) is 9.05. The molecule has 0 saturated carbocycles. The molecule has 2 aromatic rings. The molecule has 0 unspecified atom stereocenters. The van der Waals surface area contributed by atoms with E-state index < -0.39 is 11.8 Å². The molecule has 5 nitrogen and oxygen atoms in total. The number of benzene rings is 2. The fourth-order valence-corrected chi connectivity index (χ4v) is 3.64. The van der Waals surface area contributed by atoms with Gasteiger partial charge in [0, 0.05) is 10.6 Å². The van der Waals surface area contributed by atoms with Crippen LogP contribution in [0.15, 0.2) is 66.1 Å². The molecule has 0 spiro atoms. The number of hydrogen-bond donors (Lipinski definition) is 1. The van der Waals surface area contributed by atoms with Crippen LogP contribution in [0.25, 0.3) is 6.08 Å². The van der Waals surface area contributed by atoms with Gasteiger partial charge in [0.25, 0.3) is 11.8 Å². The zero-order valence-corrected chi connectivity index (χ0v) is 16.9. The first-order chi connectivity index (χ1) is 13.5. The molecule has 1 N–H and O–H groups in total. The van der Waals surface area contributed by atoms with Crippen molar-refractivity contribution >= 4 is 57.8 Å². The Morgan fingerprint density at radius 3 is 2.75 bits per heavy atom. The van der Waals surface area contributed by atoms with Crippen molar-refractivity contribution in [2.75, 3.05) is 6.61 Å². The number of hydrazine groups is 1. The Morgan fingerprint density at radius 1 is 1.29 bits per heavy atom. The summed E-state index contributed by atoms with van der Waals surface area (Å²) < 4.78 is 5.75. The largest absolute Gasteiger partial charge is 0.490 e. The Hall–Kier alpha value is -2.61. The fourth-order valence-electron chi connectivity index (χ4n) is 2.33. The number of carbonyl (C=O) groups excluding carboxylic acids is 2. The highest BCUT2D eigenvalue weighted by atomic mass is 35.5. The van der Waals surface area contributed by atoms with Crippen LogP contribution in [-0.2, 0) is 4.79 Å². The number of hydrogen-bond acceptors (Lipinski definition) is 5. The van der Waals surface area contributed by atoms with E-state index in [-0.39, 0.29) is 4.32 Å². The van der Waals surface area contributed by atoms with Crippen LogP contribution in [-0.4, -0.2) is 27.8 Å². The summed E-state index contributed by atoms with van der Waals surface area (Å²) >= 11 is 12.2. The first-order valence-electron chi connectivity index (χ1n) is 8.16. The van der Waals surface area contributed by atoms with Crippen LogP contribution in [0, 0.1) is 0 Å². The molecule has 0 bridgehead atoms. The minimum absolute atomic E-state index is 0.248. The third-order valence-electron chi connectivity index (χ3n) is 3.64. The molecule has 8 heteroatoms. The van der Waals surface area contributed by atoms with Crippen LogP contribution in [0.2, 0.25) is 5.02 Å². The highest BCUT2D eigenvalue weighted by Gasteiger charge is 2.33. The molecule has 3 rings (SSSR count). The Labute approximate surface area is 177 Å². The molecule has 142 valence electrons. The lowest BCUT2D eigenvalue weighted by Gasteiger charge is -2.15. The third kappa shape index (κ3) is 4.81. The Kier molecular flexibility index (Phi) is 6.51. The van der Waals surface area contributed by atoms with Gasteiger partial charge in [-0.15, -0.1) is 0 Å². The number of rotatable bonds is 6. The lowest BCUT2D eigenvalue weighted by molar-refractivity contribution is -0.123. The van der Waals surface area contributed by atoms with Crippen molar-refractivity contribution < 1.29 is 14.3 Å². The predicted octanol–water partition coefficient (Wildman–Crippen LogP) is 4.45. The quantitative estimate of drug-likeness (QED) is 0.417. The SMILES string of the molecule is C=CCOc1cccc(/C=C2/SC(=S)N(NC(=O)c3ccc(Cl)cc3)C2=O)c1. The van der Waals surface area contributed by atoms with Crippen molar-refractivity contribution in [1.82, 2.24) is 10.4 Å². The van der Waals surface area contributed by atoms with Gasteiger partial charge in [0.2, 0.25) is 0 Å². The normalized spacial score (nSPS) is 15.0. The molecule has 0 radical (unpaired) electrons. The number of thioether (sulfide) groups is 1. The van der Waals surface area contributed by atoms with E-state index in [4.69, 9.17) is 28.6 Å². The second-order valence-electron chi connectivity index (χ2n) is 5.64. The standard InChI is InChI=1S/C20H15ClN2O3S2/c1-2-10-26-16-5-3-4-13(11-16)12-17-19(25)23(20(27)28-17)22-18(24)14-6-8-15(21)9-7-14/h2-9,11-12H,1,10H2,(H,22,24)/b17-12+. The van der Waals surface area contributed by atoms with Crippen LogP contribution in [0.1, 0.15) is 15.9 Å². The van der Waals surface area contributed by atoms with Crippen molar-refractivity contribution in [2.24, 2.45) is 0 Å². The topological polar surface area (TPSA) is 58.6 Å². The van der Waals surface area contributed by atoms with E-state index in [0.29, 0.717) is 27.8 Å². The summed E-state index contributed by atoms with van der Waals surface area (Å²) in [5.41, 5.74) is 3.69. The molecular formula is C20H15ClN2O3S2. The van der Waals surface area contributed by atoms with Crippen molar-refractivity contribution in [3.05, 3.63) is 82.2 Å². The van der Waals surface area contributed by atoms with E-state index in [0.717, 1.165) is 22.3 Å². The summed E-state index contributed by atoms with van der Waals surface area (Å²) in [6.45, 7) is 4.00. The molecule has 0 atom stereocenters. The lowest BCUT2D eigenvalue weighted by Crippen LogP contribution is -2.44. The molecule has 0 aromatic heterocycles. The zero-order chi connectivity index (χ0) is 20.1. The number of nitrogens with one attached hydrogen (secondary N) is 1. The molecule has 1 heterocycles. The monoisotopic (exact) mass is 430 g/mol. The van der Waals surface area contributed by atoms with Crippen molar-refractivity contribution in [2.45, 2.75) is 0 Å². The minimum atomic E-state index is -0.450. The number of halogens is 1. The lowest BCUT2D eigenvalue weighted by atomic mass is 10.2. The van der Waals surface area contributed by atoms with Crippen LogP contribution < -0.4 is 10.2 Å². The molecule has 1 saturated heterocycles. The van der Waals surface area contributed by atoms with Crippen LogP contribution >= 0.6 is 35.6 Å². The van der Waals surface area contributed by atoms with Gasteiger partial charge in [0.15, 0.2) is 4.32 Å². The molecule has 1 fully saturated rings.